The molecule has 4 nitrogen and oxygen atoms in total. The van der Waals surface area contributed by atoms with Gasteiger partial charge < -0.3 is 4.90 Å². The van der Waals surface area contributed by atoms with Crippen LogP contribution in [0.25, 0.3) is 16.7 Å². The largest absolute Gasteiger partial charge is 0.371 e. The summed E-state index contributed by atoms with van der Waals surface area (Å²) in [5.41, 5.74) is 4.89. The molecule has 0 spiro atoms. The van der Waals surface area contributed by atoms with Crippen LogP contribution in [0.1, 0.15) is 30.5 Å². The zero-order valence-corrected chi connectivity index (χ0v) is 19.4. The van der Waals surface area contributed by atoms with E-state index >= 15 is 0 Å². The van der Waals surface area contributed by atoms with Gasteiger partial charge in [0.1, 0.15) is 5.65 Å². The summed E-state index contributed by atoms with van der Waals surface area (Å²) in [5, 5.41) is 11.3. The Morgan fingerprint density at radius 3 is 2.45 bits per heavy atom. The van der Waals surface area contributed by atoms with Crippen LogP contribution in [-0.4, -0.2) is 22.6 Å². The van der Waals surface area contributed by atoms with E-state index in [1.54, 1.807) is 0 Å². The molecule has 0 amide bonds. The molecule has 1 aromatic carbocycles. The fraction of sp³-hybridized carbons (Fsp3) is 0.364. The average Bonchev–Trinajstić information content (AvgIpc) is 2.97. The van der Waals surface area contributed by atoms with Crippen molar-refractivity contribution in [2.24, 2.45) is 5.92 Å². The van der Waals surface area contributed by atoms with Gasteiger partial charge in [0.25, 0.3) is 0 Å². The molecule has 2 aromatic heterocycles. The summed E-state index contributed by atoms with van der Waals surface area (Å²) in [4.78, 5) is 7.27. The molecule has 3 aromatic rings. The number of piperidine rings is 1. The van der Waals surface area contributed by atoms with E-state index in [0.29, 0.717) is 22.4 Å². The second-order valence-corrected chi connectivity index (χ2v) is 9.40. The lowest BCUT2D eigenvalue weighted by Gasteiger charge is -2.33. The zero-order valence-electron chi connectivity index (χ0n) is 16.3. The third-order valence-electron chi connectivity index (χ3n) is 5.61. The van der Waals surface area contributed by atoms with Crippen LogP contribution in [0.4, 0.5) is 5.69 Å². The van der Waals surface area contributed by atoms with Gasteiger partial charge in [-0.2, -0.15) is 5.26 Å². The average molecular weight is 492 g/mol. The maximum absolute atomic E-state index is 8.99. The van der Waals surface area contributed by atoms with Crippen LogP contribution in [0.5, 0.6) is 0 Å². The second-order valence-electron chi connectivity index (χ2n) is 7.67. The Hall–Kier alpha value is -1.74. The number of nitriles is 1. The van der Waals surface area contributed by atoms with Crippen LogP contribution in [0.15, 0.2) is 28.9 Å². The van der Waals surface area contributed by atoms with E-state index in [9.17, 15) is 0 Å². The number of rotatable bonds is 3. The molecule has 1 aliphatic heterocycles. The molecule has 1 saturated heterocycles. The summed E-state index contributed by atoms with van der Waals surface area (Å²) in [6.07, 6.45) is 4.79. The van der Waals surface area contributed by atoms with Gasteiger partial charge in [0.15, 0.2) is 0 Å². The van der Waals surface area contributed by atoms with Crippen LogP contribution < -0.4 is 4.90 Å². The Balaban J connectivity index is 1.83. The maximum atomic E-state index is 8.99. The van der Waals surface area contributed by atoms with Crippen LogP contribution in [0.3, 0.4) is 0 Å². The van der Waals surface area contributed by atoms with E-state index in [0.717, 1.165) is 58.4 Å². The highest BCUT2D eigenvalue weighted by Gasteiger charge is 2.24. The summed E-state index contributed by atoms with van der Waals surface area (Å²) in [7, 11) is 0. The zero-order chi connectivity index (χ0) is 20.7. The lowest BCUT2D eigenvalue weighted by molar-refractivity contribution is 0.413. The molecule has 3 heterocycles. The van der Waals surface area contributed by atoms with Gasteiger partial charge >= 0.3 is 0 Å². The van der Waals surface area contributed by atoms with Gasteiger partial charge in [-0.15, -0.1) is 0 Å². The highest BCUT2D eigenvalue weighted by Crippen LogP contribution is 2.39. The second kappa shape index (κ2) is 8.18. The molecule has 0 N–H and O–H groups in total. The fourth-order valence-electron chi connectivity index (χ4n) is 4.20. The standard InChI is InChI=1S/C22H21BrCl2N4/c1-13-12-29(21-17(24)10-16(23)11-18(21)25)22-20(13)19(9-14(2)27-22)28-7-4-15(3-6-26)5-8-28/h9-12,15H,3-5,7-8H2,1-2H3. The molecule has 0 radical (unpaired) electrons. The van der Waals surface area contributed by atoms with Gasteiger partial charge in [0, 0.05) is 46.9 Å². The maximum Gasteiger partial charge on any atom is 0.147 e. The number of fused-ring (bicyclic) bond motifs is 1. The normalized spacial score (nSPS) is 15.1. The van der Waals surface area contributed by atoms with E-state index in [2.05, 4.69) is 46.1 Å². The van der Waals surface area contributed by atoms with Gasteiger partial charge in [-0.3, -0.25) is 4.57 Å². The SMILES string of the molecule is Cc1cc(N2CCC(CC#N)CC2)c2c(C)cn(-c3c(Cl)cc(Br)cc3Cl)c2n1. The van der Waals surface area contributed by atoms with E-state index in [4.69, 9.17) is 33.4 Å². The van der Waals surface area contributed by atoms with Crippen molar-refractivity contribution in [1.29, 1.82) is 5.26 Å². The number of aromatic nitrogens is 2. The van der Waals surface area contributed by atoms with Gasteiger partial charge in [0.05, 0.1) is 21.8 Å². The molecule has 7 heteroatoms. The summed E-state index contributed by atoms with van der Waals surface area (Å²) in [6.45, 7) is 6.02. The molecule has 1 aliphatic rings. The summed E-state index contributed by atoms with van der Waals surface area (Å²) >= 11 is 16.6. The van der Waals surface area contributed by atoms with Gasteiger partial charge in [-0.05, 0) is 56.4 Å². The molecule has 4 rings (SSSR count). The van der Waals surface area contributed by atoms with Crippen molar-refractivity contribution in [2.45, 2.75) is 33.1 Å². The molecule has 0 saturated carbocycles. The Morgan fingerprint density at radius 1 is 1.17 bits per heavy atom. The van der Waals surface area contributed by atoms with E-state index < -0.39 is 0 Å². The van der Waals surface area contributed by atoms with E-state index in [1.807, 2.05) is 23.6 Å². The van der Waals surface area contributed by atoms with Crippen LogP contribution >= 0.6 is 39.1 Å². The lowest BCUT2D eigenvalue weighted by atomic mass is 9.93. The lowest BCUT2D eigenvalue weighted by Crippen LogP contribution is -2.33. The predicted octanol–water partition coefficient (Wildman–Crippen LogP) is 6.84. The number of benzene rings is 1. The molecule has 0 atom stereocenters. The van der Waals surface area contributed by atoms with Gasteiger partial charge in [-0.25, -0.2) is 4.98 Å². The Labute approximate surface area is 189 Å². The minimum atomic E-state index is 0.501. The number of aryl methyl sites for hydroxylation is 2. The third kappa shape index (κ3) is 3.86. The highest BCUT2D eigenvalue weighted by molar-refractivity contribution is 9.10. The first kappa shape index (κ1) is 20.5. The molecular formula is C22H21BrCl2N4. The van der Waals surface area contributed by atoms with Crippen LogP contribution in [0.2, 0.25) is 10.0 Å². The molecule has 1 fully saturated rings. The third-order valence-corrected chi connectivity index (χ3v) is 6.64. The molecular weight excluding hydrogens is 471 g/mol. The topological polar surface area (TPSA) is 44.9 Å². The number of halogens is 3. The first-order valence-corrected chi connectivity index (χ1v) is 11.2. The Kier molecular flexibility index (Phi) is 5.79. The minimum absolute atomic E-state index is 0.501. The van der Waals surface area contributed by atoms with Crippen LogP contribution in [0, 0.1) is 31.1 Å². The van der Waals surface area contributed by atoms with Crippen molar-refractivity contribution < 1.29 is 0 Å². The summed E-state index contributed by atoms with van der Waals surface area (Å²) in [6, 6.07) is 8.17. The highest BCUT2D eigenvalue weighted by atomic mass is 79.9. The molecule has 29 heavy (non-hydrogen) atoms. The van der Waals surface area contributed by atoms with Gasteiger partial charge in [0.2, 0.25) is 0 Å². The van der Waals surface area contributed by atoms with Crippen LogP contribution in [-0.2, 0) is 0 Å². The van der Waals surface area contributed by atoms with Gasteiger partial charge in [-0.1, -0.05) is 39.1 Å². The van der Waals surface area contributed by atoms with Crippen molar-refractivity contribution >= 4 is 55.9 Å². The number of hydrogen-bond donors (Lipinski definition) is 0. The number of anilines is 1. The van der Waals surface area contributed by atoms with E-state index in [-0.39, 0.29) is 0 Å². The molecule has 0 bridgehead atoms. The van der Waals surface area contributed by atoms with Crippen molar-refractivity contribution in [3.05, 3.63) is 50.2 Å². The van der Waals surface area contributed by atoms with Crippen molar-refractivity contribution in [2.75, 3.05) is 18.0 Å². The molecule has 0 aliphatic carbocycles. The Morgan fingerprint density at radius 2 is 1.83 bits per heavy atom. The summed E-state index contributed by atoms with van der Waals surface area (Å²) < 4.78 is 2.84. The van der Waals surface area contributed by atoms with Crippen molar-refractivity contribution in [1.82, 2.24) is 9.55 Å². The smallest absolute Gasteiger partial charge is 0.147 e. The van der Waals surface area contributed by atoms with Crippen molar-refractivity contribution in [3.8, 4) is 11.8 Å². The molecule has 0 unspecified atom stereocenters. The number of pyridine rings is 1. The monoisotopic (exact) mass is 490 g/mol. The summed E-state index contributed by atoms with van der Waals surface area (Å²) in [5.74, 6) is 0.501. The number of nitrogens with zero attached hydrogens (tertiary/aromatic N) is 4. The first-order chi connectivity index (χ1) is 13.9. The predicted molar refractivity (Wildman–Crippen MR) is 123 cm³/mol. The first-order valence-electron chi connectivity index (χ1n) is 9.65. The minimum Gasteiger partial charge on any atom is -0.371 e. The molecule has 150 valence electrons. The van der Waals surface area contributed by atoms with E-state index in [1.165, 1.54) is 5.69 Å². The fourth-order valence-corrected chi connectivity index (χ4v) is 5.59. The Bertz CT molecular complexity index is 1100. The quantitative estimate of drug-likeness (QED) is 0.402. The number of hydrogen-bond acceptors (Lipinski definition) is 3. The van der Waals surface area contributed by atoms with Crippen molar-refractivity contribution in [3.63, 3.8) is 0 Å².